The maximum Gasteiger partial charge on any atom is 0.124 e. The van der Waals surface area contributed by atoms with Crippen molar-refractivity contribution >= 4 is 11.3 Å². The summed E-state index contributed by atoms with van der Waals surface area (Å²) in [7, 11) is 1.99. The molecule has 96 valence electrons. The van der Waals surface area contributed by atoms with Crippen molar-refractivity contribution in [3.63, 3.8) is 0 Å². The van der Waals surface area contributed by atoms with E-state index in [0.717, 1.165) is 12.2 Å². The Morgan fingerprint density at radius 2 is 2.11 bits per heavy atom. The fourth-order valence-corrected chi connectivity index (χ4v) is 2.67. The molecule has 1 aromatic carbocycles. The van der Waals surface area contributed by atoms with E-state index in [2.05, 4.69) is 41.2 Å². The van der Waals surface area contributed by atoms with Crippen LogP contribution in [0.4, 0.5) is 0 Å². The van der Waals surface area contributed by atoms with Crippen LogP contribution in [0.15, 0.2) is 41.1 Å². The van der Waals surface area contributed by atoms with E-state index in [-0.39, 0.29) is 0 Å². The third-order valence-corrected chi connectivity index (χ3v) is 3.76. The molecule has 0 saturated carbocycles. The molecule has 0 aliphatic carbocycles. The van der Waals surface area contributed by atoms with Crippen LogP contribution < -0.4 is 10.1 Å². The summed E-state index contributed by atoms with van der Waals surface area (Å²) in [6.45, 7) is 2.82. The summed E-state index contributed by atoms with van der Waals surface area (Å²) in [5.41, 5.74) is 2.46. The number of hydrogen-bond acceptors (Lipinski definition) is 3. The second-order valence-electron chi connectivity index (χ2n) is 4.21. The first kappa shape index (κ1) is 13.1. The molecule has 0 bridgehead atoms. The van der Waals surface area contributed by atoms with Crippen LogP contribution in [0.5, 0.6) is 5.75 Å². The van der Waals surface area contributed by atoms with Crippen LogP contribution in [-0.2, 0) is 6.61 Å². The van der Waals surface area contributed by atoms with E-state index in [1.54, 1.807) is 11.3 Å². The van der Waals surface area contributed by atoms with Crippen LogP contribution in [0.2, 0.25) is 0 Å². The van der Waals surface area contributed by atoms with Crippen LogP contribution in [0.1, 0.15) is 30.5 Å². The quantitative estimate of drug-likeness (QED) is 0.848. The van der Waals surface area contributed by atoms with Gasteiger partial charge in [0.05, 0.1) is 0 Å². The van der Waals surface area contributed by atoms with Crippen molar-refractivity contribution in [1.82, 2.24) is 5.32 Å². The highest BCUT2D eigenvalue weighted by Gasteiger charge is 2.12. The predicted octanol–water partition coefficient (Wildman–Crippen LogP) is 4.00. The first-order valence-corrected chi connectivity index (χ1v) is 7.19. The fraction of sp³-hybridized carbons (Fsp3) is 0.333. The van der Waals surface area contributed by atoms with E-state index in [9.17, 15) is 0 Å². The molecule has 0 aliphatic rings. The zero-order chi connectivity index (χ0) is 12.8. The molecule has 3 heteroatoms. The topological polar surface area (TPSA) is 21.3 Å². The highest BCUT2D eigenvalue weighted by atomic mass is 32.1. The molecule has 1 heterocycles. The van der Waals surface area contributed by atoms with Gasteiger partial charge >= 0.3 is 0 Å². The second kappa shape index (κ2) is 6.57. The Balaban J connectivity index is 2.12. The van der Waals surface area contributed by atoms with Gasteiger partial charge in [0, 0.05) is 11.6 Å². The third kappa shape index (κ3) is 3.12. The van der Waals surface area contributed by atoms with Crippen molar-refractivity contribution in [3.05, 3.63) is 52.2 Å². The Kier molecular flexibility index (Phi) is 4.79. The maximum absolute atomic E-state index is 5.93. The fourth-order valence-electron chi connectivity index (χ4n) is 2.02. The lowest BCUT2D eigenvalue weighted by Gasteiger charge is -2.18. The number of rotatable bonds is 6. The van der Waals surface area contributed by atoms with E-state index < -0.39 is 0 Å². The van der Waals surface area contributed by atoms with Gasteiger partial charge in [-0.1, -0.05) is 25.1 Å². The van der Waals surface area contributed by atoms with Gasteiger partial charge < -0.3 is 10.1 Å². The summed E-state index contributed by atoms with van der Waals surface area (Å²) in [6.07, 6.45) is 1.05. The first-order valence-electron chi connectivity index (χ1n) is 6.25. The molecular weight excluding hydrogens is 242 g/mol. The van der Waals surface area contributed by atoms with Crippen molar-refractivity contribution < 1.29 is 4.74 Å². The van der Waals surface area contributed by atoms with Crippen molar-refractivity contribution in [2.24, 2.45) is 0 Å². The van der Waals surface area contributed by atoms with E-state index in [0.29, 0.717) is 12.6 Å². The minimum absolute atomic E-state index is 0.351. The minimum Gasteiger partial charge on any atom is -0.489 e. The van der Waals surface area contributed by atoms with Gasteiger partial charge in [0.1, 0.15) is 12.4 Å². The SMILES string of the molecule is CCC(NC)c1ccccc1OCc1ccsc1. The van der Waals surface area contributed by atoms with Crippen molar-refractivity contribution in [1.29, 1.82) is 0 Å². The Bertz CT molecular complexity index is 463. The lowest BCUT2D eigenvalue weighted by Crippen LogP contribution is -2.16. The molecule has 1 atom stereocenters. The molecule has 0 amide bonds. The van der Waals surface area contributed by atoms with Crippen molar-refractivity contribution in [2.75, 3.05) is 7.05 Å². The molecule has 1 N–H and O–H groups in total. The zero-order valence-corrected chi connectivity index (χ0v) is 11.7. The molecule has 0 radical (unpaired) electrons. The van der Waals surface area contributed by atoms with Gasteiger partial charge in [0.15, 0.2) is 0 Å². The summed E-state index contributed by atoms with van der Waals surface area (Å²) in [5.74, 6) is 0.977. The summed E-state index contributed by atoms with van der Waals surface area (Å²) in [4.78, 5) is 0. The highest BCUT2D eigenvalue weighted by Crippen LogP contribution is 2.27. The Hall–Kier alpha value is -1.32. The maximum atomic E-state index is 5.93. The van der Waals surface area contributed by atoms with Gasteiger partial charge in [-0.2, -0.15) is 11.3 Å². The molecule has 1 aromatic heterocycles. The summed E-state index contributed by atoms with van der Waals surface area (Å²) >= 11 is 1.70. The summed E-state index contributed by atoms with van der Waals surface area (Å²) < 4.78 is 5.93. The van der Waals surface area contributed by atoms with Crippen LogP contribution in [0.3, 0.4) is 0 Å². The van der Waals surface area contributed by atoms with E-state index in [1.807, 2.05) is 19.2 Å². The van der Waals surface area contributed by atoms with Gasteiger partial charge in [0.2, 0.25) is 0 Å². The number of thiophene rings is 1. The molecule has 18 heavy (non-hydrogen) atoms. The number of para-hydroxylation sites is 1. The largest absolute Gasteiger partial charge is 0.489 e. The second-order valence-corrected chi connectivity index (χ2v) is 4.99. The molecule has 2 nitrogen and oxygen atoms in total. The molecule has 0 saturated heterocycles. The smallest absolute Gasteiger partial charge is 0.124 e. The number of nitrogens with one attached hydrogen (secondary N) is 1. The average Bonchev–Trinajstić information content (AvgIpc) is 2.92. The monoisotopic (exact) mass is 261 g/mol. The van der Waals surface area contributed by atoms with E-state index in [4.69, 9.17) is 4.74 Å². The van der Waals surface area contributed by atoms with Crippen molar-refractivity contribution in [3.8, 4) is 5.75 Å². The zero-order valence-electron chi connectivity index (χ0n) is 10.8. The molecule has 0 aliphatic heterocycles. The first-order chi connectivity index (χ1) is 8.85. The van der Waals surface area contributed by atoms with Crippen LogP contribution in [0.25, 0.3) is 0 Å². The molecule has 0 spiro atoms. The van der Waals surface area contributed by atoms with Crippen LogP contribution >= 0.6 is 11.3 Å². The summed E-state index contributed by atoms with van der Waals surface area (Å²) in [5, 5.41) is 7.52. The van der Waals surface area contributed by atoms with Gasteiger partial charge in [0.25, 0.3) is 0 Å². The Labute approximate surface area is 113 Å². The molecular formula is C15H19NOS. The van der Waals surface area contributed by atoms with E-state index in [1.165, 1.54) is 11.1 Å². The molecule has 2 rings (SSSR count). The lowest BCUT2D eigenvalue weighted by atomic mass is 10.0. The van der Waals surface area contributed by atoms with Gasteiger partial charge in [-0.25, -0.2) is 0 Å². The standard InChI is InChI=1S/C15H19NOS/c1-3-14(16-2)13-6-4-5-7-15(13)17-10-12-8-9-18-11-12/h4-9,11,14,16H,3,10H2,1-2H3. The molecule has 1 unspecified atom stereocenters. The Morgan fingerprint density at radius 1 is 1.28 bits per heavy atom. The summed E-state index contributed by atoms with van der Waals surface area (Å²) in [6, 6.07) is 10.7. The highest BCUT2D eigenvalue weighted by molar-refractivity contribution is 7.07. The Morgan fingerprint density at radius 3 is 2.78 bits per heavy atom. The van der Waals surface area contributed by atoms with Gasteiger partial charge in [-0.15, -0.1) is 0 Å². The number of hydrogen-bond donors (Lipinski definition) is 1. The van der Waals surface area contributed by atoms with E-state index >= 15 is 0 Å². The predicted molar refractivity (Wildman–Crippen MR) is 77.2 cm³/mol. The number of benzene rings is 1. The average molecular weight is 261 g/mol. The molecule has 2 aromatic rings. The normalized spacial score (nSPS) is 12.3. The van der Waals surface area contributed by atoms with Crippen LogP contribution in [0, 0.1) is 0 Å². The minimum atomic E-state index is 0.351. The third-order valence-electron chi connectivity index (χ3n) is 3.03. The van der Waals surface area contributed by atoms with Crippen LogP contribution in [-0.4, -0.2) is 7.05 Å². The lowest BCUT2D eigenvalue weighted by molar-refractivity contribution is 0.299. The number of ether oxygens (including phenoxy) is 1. The van der Waals surface area contributed by atoms with Gasteiger partial charge in [-0.3, -0.25) is 0 Å². The van der Waals surface area contributed by atoms with Gasteiger partial charge in [-0.05, 0) is 41.9 Å². The van der Waals surface area contributed by atoms with Crippen molar-refractivity contribution in [2.45, 2.75) is 26.0 Å². The molecule has 0 fully saturated rings.